The molecule has 0 spiro atoms. The number of hydrogen-bond donors (Lipinski definition) is 1. The van der Waals surface area contributed by atoms with E-state index >= 15 is 0 Å². The molecule has 1 fully saturated rings. The Bertz CT molecular complexity index is 529. The maximum absolute atomic E-state index is 12.8. The normalized spacial score (nSPS) is 23.8. The lowest BCUT2D eigenvalue weighted by Gasteiger charge is -2.31. The molecule has 2 aliphatic rings. The van der Waals surface area contributed by atoms with Gasteiger partial charge in [0, 0.05) is 30.0 Å². The molecule has 3 rings (SSSR count). The van der Waals surface area contributed by atoms with E-state index in [4.69, 9.17) is 0 Å². The summed E-state index contributed by atoms with van der Waals surface area (Å²) in [7, 11) is 0. The maximum atomic E-state index is 12.8. The summed E-state index contributed by atoms with van der Waals surface area (Å²) in [5.74, 6) is 0.233. The minimum absolute atomic E-state index is 0.155. The third-order valence-corrected chi connectivity index (χ3v) is 5.03. The summed E-state index contributed by atoms with van der Waals surface area (Å²) < 4.78 is 2.16. The summed E-state index contributed by atoms with van der Waals surface area (Å²) in [5.41, 5.74) is 3.31. The van der Waals surface area contributed by atoms with E-state index < -0.39 is 0 Å². The van der Waals surface area contributed by atoms with Gasteiger partial charge in [0.15, 0.2) is 0 Å². The van der Waals surface area contributed by atoms with Crippen molar-refractivity contribution >= 4 is 5.91 Å². The molecule has 21 heavy (non-hydrogen) atoms. The zero-order chi connectivity index (χ0) is 15.0. The molecule has 4 heteroatoms. The highest BCUT2D eigenvalue weighted by Gasteiger charge is 2.29. The molecular weight excluding hydrogens is 264 g/mol. The van der Waals surface area contributed by atoms with E-state index in [9.17, 15) is 9.90 Å². The molecule has 0 saturated carbocycles. The Labute approximate surface area is 126 Å². The second kappa shape index (κ2) is 5.84. The van der Waals surface area contributed by atoms with Crippen molar-refractivity contribution in [1.82, 2.24) is 9.47 Å². The predicted octanol–water partition coefficient (Wildman–Crippen LogP) is 2.74. The van der Waals surface area contributed by atoms with Gasteiger partial charge >= 0.3 is 0 Å². The fourth-order valence-corrected chi connectivity index (χ4v) is 3.93. The van der Waals surface area contributed by atoms with Gasteiger partial charge in [0.2, 0.25) is 5.91 Å². The first-order valence-electron chi connectivity index (χ1n) is 8.27. The van der Waals surface area contributed by atoms with Crippen molar-refractivity contribution in [3.63, 3.8) is 0 Å². The standard InChI is InChI=1S/C17H26N2O2/c1-12-11-14-15(7-6-8-16(14)20)19(12)13(2)17(21)18-9-4-3-5-10-18/h11,13,16,20H,3-10H2,1-2H3. The second-order valence-electron chi connectivity index (χ2n) is 6.53. The van der Waals surface area contributed by atoms with Crippen LogP contribution in [0.15, 0.2) is 6.07 Å². The molecule has 116 valence electrons. The molecule has 1 aliphatic heterocycles. The summed E-state index contributed by atoms with van der Waals surface area (Å²) in [6.07, 6.45) is 5.94. The number of aliphatic hydroxyl groups excluding tert-OH is 1. The van der Waals surface area contributed by atoms with E-state index in [1.54, 1.807) is 0 Å². The van der Waals surface area contributed by atoms with E-state index in [1.807, 2.05) is 18.7 Å². The topological polar surface area (TPSA) is 45.5 Å². The smallest absolute Gasteiger partial charge is 0.245 e. The fraction of sp³-hybridized carbons (Fsp3) is 0.706. The Kier molecular flexibility index (Phi) is 4.07. The van der Waals surface area contributed by atoms with Crippen LogP contribution in [0, 0.1) is 6.92 Å². The number of nitrogens with zero attached hydrogens (tertiary/aromatic N) is 2. The number of piperidine rings is 1. The summed E-state index contributed by atoms with van der Waals surface area (Å²) in [6, 6.07) is 1.91. The zero-order valence-electron chi connectivity index (χ0n) is 13.1. The Morgan fingerprint density at radius 1 is 1.29 bits per heavy atom. The van der Waals surface area contributed by atoms with Crippen molar-refractivity contribution in [3.8, 4) is 0 Å². The molecule has 2 atom stereocenters. The second-order valence-corrected chi connectivity index (χ2v) is 6.53. The van der Waals surface area contributed by atoms with Crippen LogP contribution in [-0.2, 0) is 11.2 Å². The van der Waals surface area contributed by atoms with Crippen molar-refractivity contribution in [2.24, 2.45) is 0 Å². The summed E-state index contributed by atoms with van der Waals surface area (Å²) in [5, 5.41) is 10.2. The molecule has 1 N–H and O–H groups in total. The number of rotatable bonds is 2. The number of aryl methyl sites for hydroxylation is 1. The highest BCUT2D eigenvalue weighted by Crippen LogP contribution is 2.34. The molecule has 1 saturated heterocycles. The highest BCUT2D eigenvalue weighted by molar-refractivity contribution is 5.80. The molecule has 1 aromatic rings. The van der Waals surface area contributed by atoms with E-state index in [0.717, 1.165) is 56.5 Å². The summed E-state index contributed by atoms with van der Waals surface area (Å²) in [4.78, 5) is 14.8. The third kappa shape index (κ3) is 2.61. The third-order valence-electron chi connectivity index (χ3n) is 5.03. The lowest BCUT2D eigenvalue weighted by Crippen LogP contribution is -2.40. The molecule has 2 unspecified atom stereocenters. The number of aliphatic hydroxyl groups is 1. The minimum atomic E-state index is -0.356. The van der Waals surface area contributed by atoms with Gasteiger partial charge in [-0.3, -0.25) is 4.79 Å². The van der Waals surface area contributed by atoms with Crippen LogP contribution in [0.5, 0.6) is 0 Å². The minimum Gasteiger partial charge on any atom is -0.388 e. The predicted molar refractivity (Wildman–Crippen MR) is 82.2 cm³/mol. The highest BCUT2D eigenvalue weighted by atomic mass is 16.3. The largest absolute Gasteiger partial charge is 0.388 e. The summed E-state index contributed by atoms with van der Waals surface area (Å²) in [6.45, 7) is 5.85. The molecular formula is C17H26N2O2. The van der Waals surface area contributed by atoms with Crippen LogP contribution in [0.4, 0.5) is 0 Å². The maximum Gasteiger partial charge on any atom is 0.245 e. The average molecular weight is 290 g/mol. The fourth-order valence-electron chi connectivity index (χ4n) is 3.93. The molecule has 1 aliphatic carbocycles. The molecule has 4 nitrogen and oxygen atoms in total. The van der Waals surface area contributed by atoms with E-state index in [2.05, 4.69) is 10.6 Å². The van der Waals surface area contributed by atoms with Crippen molar-refractivity contribution in [3.05, 3.63) is 23.0 Å². The van der Waals surface area contributed by atoms with Gasteiger partial charge in [-0.25, -0.2) is 0 Å². The lowest BCUT2D eigenvalue weighted by molar-refractivity contribution is -0.135. The molecule has 0 bridgehead atoms. The summed E-state index contributed by atoms with van der Waals surface area (Å²) >= 11 is 0. The molecule has 2 heterocycles. The van der Waals surface area contributed by atoms with Gasteiger partial charge in [-0.1, -0.05) is 0 Å². The first-order chi connectivity index (χ1) is 10.1. The number of carbonyl (C=O) groups excluding carboxylic acids is 1. The van der Waals surface area contributed by atoms with Gasteiger partial charge in [0.1, 0.15) is 6.04 Å². The van der Waals surface area contributed by atoms with Crippen LogP contribution in [-0.4, -0.2) is 33.6 Å². The Hall–Kier alpha value is -1.29. The van der Waals surface area contributed by atoms with Crippen LogP contribution in [0.2, 0.25) is 0 Å². The van der Waals surface area contributed by atoms with Crippen molar-refractivity contribution in [2.75, 3.05) is 13.1 Å². The lowest BCUT2D eigenvalue weighted by atomic mass is 9.95. The monoisotopic (exact) mass is 290 g/mol. The van der Waals surface area contributed by atoms with Crippen LogP contribution >= 0.6 is 0 Å². The van der Waals surface area contributed by atoms with Crippen molar-refractivity contribution < 1.29 is 9.90 Å². The van der Waals surface area contributed by atoms with Crippen LogP contribution in [0.1, 0.15) is 68.1 Å². The number of hydrogen-bond acceptors (Lipinski definition) is 2. The Balaban J connectivity index is 1.87. The number of carbonyl (C=O) groups is 1. The quantitative estimate of drug-likeness (QED) is 0.910. The van der Waals surface area contributed by atoms with E-state index in [1.165, 1.54) is 12.1 Å². The Morgan fingerprint density at radius 2 is 2.00 bits per heavy atom. The van der Waals surface area contributed by atoms with Crippen LogP contribution in [0.25, 0.3) is 0 Å². The van der Waals surface area contributed by atoms with E-state index in [-0.39, 0.29) is 18.1 Å². The van der Waals surface area contributed by atoms with Crippen molar-refractivity contribution in [2.45, 2.75) is 64.5 Å². The SMILES string of the molecule is Cc1cc2c(n1C(C)C(=O)N1CCCCC1)CCCC2O. The first-order valence-corrected chi connectivity index (χ1v) is 8.27. The number of fused-ring (bicyclic) bond motifs is 1. The average Bonchev–Trinajstić information content (AvgIpc) is 2.84. The molecule has 0 aromatic carbocycles. The Morgan fingerprint density at radius 3 is 2.71 bits per heavy atom. The van der Waals surface area contributed by atoms with Gasteiger partial charge in [0.25, 0.3) is 0 Å². The first kappa shape index (κ1) is 14.6. The van der Waals surface area contributed by atoms with Gasteiger partial charge in [-0.15, -0.1) is 0 Å². The number of amides is 1. The van der Waals surface area contributed by atoms with Gasteiger partial charge in [0.05, 0.1) is 6.10 Å². The number of aromatic nitrogens is 1. The van der Waals surface area contributed by atoms with Gasteiger partial charge in [-0.05, 0) is 58.4 Å². The number of likely N-dealkylation sites (tertiary alicyclic amines) is 1. The molecule has 1 amide bonds. The van der Waals surface area contributed by atoms with E-state index in [0.29, 0.717) is 0 Å². The molecule has 0 radical (unpaired) electrons. The van der Waals surface area contributed by atoms with Crippen LogP contribution in [0.3, 0.4) is 0 Å². The van der Waals surface area contributed by atoms with Gasteiger partial charge < -0.3 is 14.6 Å². The molecule has 1 aromatic heterocycles. The van der Waals surface area contributed by atoms with Gasteiger partial charge in [-0.2, -0.15) is 0 Å². The van der Waals surface area contributed by atoms with Crippen molar-refractivity contribution in [1.29, 1.82) is 0 Å². The zero-order valence-corrected chi connectivity index (χ0v) is 13.1. The van der Waals surface area contributed by atoms with Crippen LogP contribution < -0.4 is 0 Å².